The Kier molecular flexibility index (Phi) is 4.95. The molecule has 5 nitrogen and oxygen atoms in total. The minimum Gasteiger partial charge on any atom is -0.324 e. The summed E-state index contributed by atoms with van der Waals surface area (Å²) in [5, 5.41) is 0. The SMILES string of the molecule is CN(C)CC(C)(C)CS(=O)(=O)c1ccc(NN)cc1. The molecule has 0 saturated carbocycles. The Labute approximate surface area is 115 Å². The second kappa shape index (κ2) is 5.90. The van der Waals surface area contributed by atoms with Crippen LogP contribution in [0.3, 0.4) is 0 Å². The van der Waals surface area contributed by atoms with Crippen LogP contribution < -0.4 is 11.3 Å². The standard InChI is InChI=1S/C13H23N3O2S/c1-13(2,9-16(3)4)10-19(17,18)12-7-5-11(15-14)6-8-12/h5-8,15H,9-10,14H2,1-4H3. The fraction of sp³-hybridized carbons (Fsp3) is 0.538. The number of hydrogen-bond acceptors (Lipinski definition) is 5. The maximum atomic E-state index is 12.4. The van der Waals surface area contributed by atoms with E-state index in [1.54, 1.807) is 24.3 Å². The summed E-state index contributed by atoms with van der Waals surface area (Å²) in [6.07, 6.45) is 0. The van der Waals surface area contributed by atoms with Gasteiger partial charge in [0.15, 0.2) is 9.84 Å². The van der Waals surface area contributed by atoms with Crippen molar-refractivity contribution in [2.45, 2.75) is 18.7 Å². The van der Waals surface area contributed by atoms with Gasteiger partial charge >= 0.3 is 0 Å². The van der Waals surface area contributed by atoms with E-state index in [2.05, 4.69) is 5.43 Å². The first-order chi connectivity index (χ1) is 8.66. The molecule has 0 aromatic heterocycles. The molecule has 1 aromatic carbocycles. The lowest BCUT2D eigenvalue weighted by Crippen LogP contribution is -2.34. The fourth-order valence-corrected chi connectivity index (χ4v) is 4.10. The number of nitrogens with two attached hydrogens (primary N) is 1. The lowest BCUT2D eigenvalue weighted by Gasteiger charge is -2.27. The van der Waals surface area contributed by atoms with Crippen LogP contribution in [0.5, 0.6) is 0 Å². The van der Waals surface area contributed by atoms with Crippen LogP contribution in [0.1, 0.15) is 13.8 Å². The Morgan fingerprint density at radius 2 is 1.74 bits per heavy atom. The monoisotopic (exact) mass is 285 g/mol. The van der Waals surface area contributed by atoms with Crippen LogP contribution in [0.2, 0.25) is 0 Å². The van der Waals surface area contributed by atoms with Gasteiger partial charge in [-0.1, -0.05) is 13.8 Å². The van der Waals surface area contributed by atoms with Crippen molar-refractivity contribution < 1.29 is 8.42 Å². The molecule has 1 rings (SSSR count). The molecular formula is C13H23N3O2S. The molecule has 0 saturated heterocycles. The van der Waals surface area contributed by atoms with Crippen LogP contribution >= 0.6 is 0 Å². The zero-order valence-electron chi connectivity index (χ0n) is 12.0. The summed E-state index contributed by atoms with van der Waals surface area (Å²) in [5.74, 6) is 5.38. The number of nitrogens with one attached hydrogen (secondary N) is 1. The molecule has 6 heteroatoms. The van der Waals surface area contributed by atoms with E-state index in [4.69, 9.17) is 5.84 Å². The summed E-state index contributed by atoms with van der Waals surface area (Å²) in [7, 11) is 0.597. The highest BCUT2D eigenvalue weighted by Crippen LogP contribution is 2.24. The van der Waals surface area contributed by atoms with Crippen molar-refractivity contribution in [3.63, 3.8) is 0 Å². The third kappa shape index (κ3) is 4.81. The van der Waals surface area contributed by atoms with Gasteiger partial charge in [-0.2, -0.15) is 0 Å². The number of benzene rings is 1. The molecule has 0 fully saturated rings. The van der Waals surface area contributed by atoms with E-state index in [-0.39, 0.29) is 11.2 Å². The lowest BCUT2D eigenvalue weighted by atomic mass is 9.96. The van der Waals surface area contributed by atoms with Crippen molar-refractivity contribution in [3.05, 3.63) is 24.3 Å². The summed E-state index contributed by atoms with van der Waals surface area (Å²) in [6.45, 7) is 4.63. The summed E-state index contributed by atoms with van der Waals surface area (Å²) in [5.41, 5.74) is 2.87. The molecule has 0 bridgehead atoms. The van der Waals surface area contributed by atoms with Crippen molar-refractivity contribution in [3.8, 4) is 0 Å². The Morgan fingerprint density at radius 1 is 1.21 bits per heavy atom. The van der Waals surface area contributed by atoms with Crippen LogP contribution in [-0.4, -0.2) is 39.7 Å². The maximum Gasteiger partial charge on any atom is 0.178 e. The van der Waals surface area contributed by atoms with Gasteiger partial charge in [0.25, 0.3) is 0 Å². The molecule has 1 aromatic rings. The van der Waals surface area contributed by atoms with Gasteiger partial charge in [-0.05, 0) is 43.8 Å². The highest BCUT2D eigenvalue weighted by molar-refractivity contribution is 7.91. The summed E-state index contributed by atoms with van der Waals surface area (Å²) >= 11 is 0. The molecule has 19 heavy (non-hydrogen) atoms. The third-order valence-electron chi connectivity index (χ3n) is 2.71. The van der Waals surface area contributed by atoms with E-state index in [1.165, 1.54) is 0 Å². The van der Waals surface area contributed by atoms with Crippen molar-refractivity contribution in [1.29, 1.82) is 0 Å². The quantitative estimate of drug-likeness (QED) is 0.609. The smallest absolute Gasteiger partial charge is 0.178 e. The van der Waals surface area contributed by atoms with Gasteiger partial charge < -0.3 is 10.3 Å². The minimum atomic E-state index is -3.28. The molecule has 0 amide bonds. The van der Waals surface area contributed by atoms with Crippen LogP contribution in [0.4, 0.5) is 5.69 Å². The van der Waals surface area contributed by atoms with Crippen molar-refractivity contribution in [2.24, 2.45) is 11.3 Å². The van der Waals surface area contributed by atoms with Crippen molar-refractivity contribution in [1.82, 2.24) is 4.90 Å². The number of rotatable bonds is 6. The van der Waals surface area contributed by atoms with E-state index < -0.39 is 9.84 Å². The summed E-state index contributed by atoms with van der Waals surface area (Å²) in [4.78, 5) is 2.33. The molecule has 0 atom stereocenters. The van der Waals surface area contributed by atoms with Gasteiger partial charge in [0.2, 0.25) is 0 Å². The predicted octanol–water partition coefficient (Wildman–Crippen LogP) is 1.33. The summed E-state index contributed by atoms with van der Waals surface area (Å²) < 4.78 is 24.7. The number of sulfone groups is 1. The van der Waals surface area contributed by atoms with Gasteiger partial charge in [0.05, 0.1) is 10.6 Å². The minimum absolute atomic E-state index is 0.119. The van der Waals surface area contributed by atoms with Gasteiger partial charge in [-0.15, -0.1) is 0 Å². The second-order valence-electron chi connectivity index (χ2n) is 5.83. The largest absolute Gasteiger partial charge is 0.324 e. The first kappa shape index (κ1) is 15.9. The van der Waals surface area contributed by atoms with Crippen molar-refractivity contribution in [2.75, 3.05) is 31.8 Å². The van der Waals surface area contributed by atoms with E-state index in [1.807, 2.05) is 32.8 Å². The molecule has 0 aliphatic rings. The van der Waals surface area contributed by atoms with E-state index >= 15 is 0 Å². The Hall–Kier alpha value is -1.11. The number of hydrazine groups is 1. The van der Waals surface area contributed by atoms with E-state index in [0.29, 0.717) is 17.1 Å². The molecule has 0 unspecified atom stereocenters. The number of anilines is 1. The zero-order valence-corrected chi connectivity index (χ0v) is 12.8. The lowest BCUT2D eigenvalue weighted by molar-refractivity contribution is 0.265. The average Bonchev–Trinajstić information content (AvgIpc) is 2.25. The maximum absolute atomic E-state index is 12.4. The molecular weight excluding hydrogens is 262 g/mol. The summed E-state index contributed by atoms with van der Waals surface area (Å²) in [6, 6.07) is 6.48. The average molecular weight is 285 g/mol. The predicted molar refractivity (Wildman–Crippen MR) is 78.6 cm³/mol. The van der Waals surface area contributed by atoms with Crippen LogP contribution in [0.15, 0.2) is 29.2 Å². The Morgan fingerprint density at radius 3 is 2.16 bits per heavy atom. The molecule has 0 aliphatic heterocycles. The van der Waals surface area contributed by atoms with Crippen LogP contribution in [0, 0.1) is 5.41 Å². The molecule has 0 spiro atoms. The molecule has 0 aliphatic carbocycles. The topological polar surface area (TPSA) is 75.4 Å². The molecule has 0 radical (unpaired) electrons. The highest BCUT2D eigenvalue weighted by atomic mass is 32.2. The Balaban J connectivity index is 2.91. The van der Waals surface area contributed by atoms with E-state index in [0.717, 1.165) is 0 Å². The van der Waals surface area contributed by atoms with Gasteiger partial charge in [-0.3, -0.25) is 5.84 Å². The van der Waals surface area contributed by atoms with Crippen LogP contribution in [0.25, 0.3) is 0 Å². The first-order valence-corrected chi connectivity index (χ1v) is 7.76. The van der Waals surface area contributed by atoms with Crippen molar-refractivity contribution >= 4 is 15.5 Å². The highest BCUT2D eigenvalue weighted by Gasteiger charge is 2.28. The second-order valence-corrected chi connectivity index (χ2v) is 7.82. The normalized spacial score (nSPS) is 12.7. The molecule has 3 N–H and O–H groups in total. The van der Waals surface area contributed by atoms with Gasteiger partial charge in [0.1, 0.15) is 0 Å². The zero-order chi connectivity index (χ0) is 14.7. The number of nitrogen functional groups attached to an aromatic ring is 1. The van der Waals surface area contributed by atoms with Gasteiger partial charge in [0, 0.05) is 12.2 Å². The van der Waals surface area contributed by atoms with E-state index in [9.17, 15) is 8.42 Å². The molecule has 0 heterocycles. The first-order valence-electron chi connectivity index (χ1n) is 6.10. The van der Waals surface area contributed by atoms with Crippen LogP contribution in [-0.2, 0) is 9.84 Å². The third-order valence-corrected chi connectivity index (χ3v) is 4.86. The van der Waals surface area contributed by atoms with Gasteiger partial charge in [-0.25, -0.2) is 8.42 Å². The molecule has 108 valence electrons. The number of nitrogens with zero attached hydrogens (tertiary/aromatic N) is 1. The fourth-order valence-electron chi connectivity index (χ4n) is 2.26. The Bertz CT molecular complexity index is 507. The number of hydrogen-bond donors (Lipinski definition) is 2.